The molecule has 1 aliphatic carbocycles. The molecule has 0 amide bonds. The van der Waals surface area contributed by atoms with E-state index in [9.17, 15) is 0 Å². The summed E-state index contributed by atoms with van der Waals surface area (Å²) in [5.41, 5.74) is 0. The molecule has 0 aromatic rings. The molecular weight excluding hydrogens is 203 g/mol. The molecule has 1 rings (SSSR count). The Morgan fingerprint density at radius 2 is 1.75 bits per heavy atom. The zero-order valence-electron chi connectivity index (χ0n) is 5.61. The van der Waals surface area contributed by atoms with Gasteiger partial charge in [-0.25, -0.2) is 0 Å². The van der Waals surface area contributed by atoms with Gasteiger partial charge in [0.05, 0.1) is 0 Å². The van der Waals surface area contributed by atoms with Crippen molar-refractivity contribution in [3.8, 4) is 0 Å². The third-order valence-electron chi connectivity index (χ3n) is 2.01. The van der Waals surface area contributed by atoms with Crippen LogP contribution >= 0.6 is 0 Å². The van der Waals surface area contributed by atoms with Crippen LogP contribution in [0.25, 0.3) is 0 Å². The summed E-state index contributed by atoms with van der Waals surface area (Å²) in [5.74, 6) is 0. The number of hydrogen-bond donors (Lipinski definition) is 0. The van der Waals surface area contributed by atoms with Crippen molar-refractivity contribution in [3.05, 3.63) is 0 Å². The van der Waals surface area contributed by atoms with E-state index in [0.717, 1.165) is 0 Å². The second-order valence-corrected chi connectivity index (χ2v) is 6.60. The van der Waals surface area contributed by atoms with Crippen LogP contribution in [0.2, 0.25) is 8.87 Å². The number of hydrogen-bond acceptors (Lipinski definition) is 0. The van der Waals surface area contributed by atoms with E-state index in [0.29, 0.717) is 0 Å². The van der Waals surface area contributed by atoms with E-state index >= 15 is 0 Å². The molecule has 0 nitrogen and oxygen atoms in total. The van der Waals surface area contributed by atoms with Crippen molar-refractivity contribution in [3.63, 3.8) is 0 Å². The summed E-state index contributed by atoms with van der Waals surface area (Å²) in [7, 11) is 0. The molecule has 0 aromatic heterocycles. The van der Waals surface area contributed by atoms with Gasteiger partial charge in [0.2, 0.25) is 0 Å². The zero-order chi connectivity index (χ0) is 5.82. The van der Waals surface area contributed by atoms with Crippen LogP contribution in [0, 0.1) is 0 Å². The van der Waals surface area contributed by atoms with E-state index in [1.54, 1.807) is 25.7 Å². The molecule has 8 heavy (non-hydrogen) atoms. The van der Waals surface area contributed by atoms with Gasteiger partial charge in [0, 0.05) is 0 Å². The maximum absolute atomic E-state index is 2.49. The van der Waals surface area contributed by atoms with E-state index in [1.165, 1.54) is 10.4 Å². The van der Waals surface area contributed by atoms with Crippen molar-refractivity contribution in [2.45, 2.75) is 41.0 Å². The third kappa shape index (κ3) is 1.96. The molecule has 0 unspecified atom stereocenters. The molecule has 0 N–H and O–H groups in total. The molecule has 1 heteroatoms. The Balaban J connectivity index is 2.13. The van der Waals surface area contributed by atoms with Crippen LogP contribution in [0.5, 0.6) is 0 Å². The van der Waals surface area contributed by atoms with Gasteiger partial charge in [0.15, 0.2) is 0 Å². The zero-order valence-corrected chi connectivity index (χ0v) is 8.47. The monoisotopic (exact) mass is 218 g/mol. The van der Waals surface area contributed by atoms with Crippen molar-refractivity contribution in [1.29, 1.82) is 0 Å². The Morgan fingerprint density at radius 1 is 1.12 bits per heavy atom. The second kappa shape index (κ2) is 3.75. The van der Waals surface area contributed by atoms with E-state index in [2.05, 4.69) is 4.94 Å². The Kier molecular flexibility index (Phi) is 3.24. The average Bonchev–Trinajstić information content (AvgIpc) is 1.90. The Hall–Kier alpha value is 0.799. The van der Waals surface area contributed by atoms with Gasteiger partial charge < -0.3 is 0 Å². The van der Waals surface area contributed by atoms with Crippen LogP contribution in [0.4, 0.5) is 0 Å². The topological polar surface area (TPSA) is 0 Å². The minimum atomic E-state index is 0.133. The fraction of sp³-hybridized carbons (Fsp3) is 1.00. The molecule has 0 heterocycles. The van der Waals surface area contributed by atoms with Crippen LogP contribution in [0.3, 0.4) is 0 Å². The molecule has 1 aliphatic rings. The second-order valence-electron chi connectivity index (χ2n) is 2.62. The van der Waals surface area contributed by atoms with Gasteiger partial charge in [-0.2, -0.15) is 0 Å². The molecule has 1 saturated carbocycles. The minimum absolute atomic E-state index is 0.133. The standard InChI is InChI=1S/C6H11.CH3.Sn/c1-2-4-6-5-3-1;;/h1H,2-6H2;1H3;. The quantitative estimate of drug-likeness (QED) is 0.591. The summed E-state index contributed by atoms with van der Waals surface area (Å²) in [5, 5.41) is 0. The first-order chi connectivity index (χ1) is 3.93. The van der Waals surface area contributed by atoms with Gasteiger partial charge in [0.25, 0.3) is 0 Å². The molecular formula is C7H14Sn. The number of rotatable bonds is 1. The fourth-order valence-electron chi connectivity index (χ4n) is 1.39. The van der Waals surface area contributed by atoms with Gasteiger partial charge in [-0.3, -0.25) is 0 Å². The molecule has 1 fully saturated rings. The summed E-state index contributed by atoms with van der Waals surface area (Å²) in [6.07, 6.45) is 7.78. The molecule has 0 aliphatic heterocycles. The van der Waals surface area contributed by atoms with E-state index in [4.69, 9.17) is 0 Å². The third-order valence-corrected chi connectivity index (χ3v) is 5.99. The van der Waals surface area contributed by atoms with Crippen LogP contribution < -0.4 is 0 Å². The van der Waals surface area contributed by atoms with Crippen LogP contribution in [-0.2, 0) is 0 Å². The summed E-state index contributed by atoms with van der Waals surface area (Å²) in [6, 6.07) is 0. The maximum atomic E-state index is 2.49. The average molecular weight is 217 g/mol. The van der Waals surface area contributed by atoms with Crippen LogP contribution in [0.15, 0.2) is 0 Å². The van der Waals surface area contributed by atoms with Crippen molar-refractivity contribution in [1.82, 2.24) is 0 Å². The van der Waals surface area contributed by atoms with E-state index in [1.807, 2.05) is 0 Å². The van der Waals surface area contributed by atoms with Gasteiger partial charge >= 0.3 is 62.1 Å². The predicted octanol–water partition coefficient (Wildman–Crippen LogP) is 2.49. The summed E-state index contributed by atoms with van der Waals surface area (Å²) in [6.45, 7) is 0. The Morgan fingerprint density at radius 3 is 2.12 bits per heavy atom. The normalized spacial score (nSPS) is 23.6. The summed E-state index contributed by atoms with van der Waals surface area (Å²) >= 11 is 0.133. The van der Waals surface area contributed by atoms with Crippen molar-refractivity contribution < 1.29 is 0 Å². The molecule has 2 radical (unpaired) electrons. The first kappa shape index (κ1) is 6.91. The predicted molar refractivity (Wildman–Crippen MR) is 38.5 cm³/mol. The molecule has 0 saturated heterocycles. The fourth-order valence-corrected chi connectivity index (χ4v) is 4.20. The summed E-state index contributed by atoms with van der Waals surface area (Å²) in [4.78, 5) is 2.49. The van der Waals surface area contributed by atoms with Crippen LogP contribution in [-0.4, -0.2) is 21.1 Å². The Labute approximate surface area is 62.3 Å². The van der Waals surface area contributed by atoms with Crippen LogP contribution in [0.1, 0.15) is 32.1 Å². The SMILES string of the molecule is [CH3][Sn][CH]1CCCCC1. The molecule has 0 atom stereocenters. The van der Waals surface area contributed by atoms with Gasteiger partial charge in [-0.15, -0.1) is 0 Å². The Bertz CT molecular complexity index is 55.4. The first-order valence-corrected chi connectivity index (χ1v) is 8.11. The van der Waals surface area contributed by atoms with Gasteiger partial charge in [0.1, 0.15) is 0 Å². The van der Waals surface area contributed by atoms with Crippen molar-refractivity contribution in [2.24, 2.45) is 0 Å². The van der Waals surface area contributed by atoms with Gasteiger partial charge in [-0.1, -0.05) is 0 Å². The van der Waals surface area contributed by atoms with Gasteiger partial charge in [-0.05, 0) is 0 Å². The first-order valence-electron chi connectivity index (χ1n) is 3.61. The molecule has 0 spiro atoms. The van der Waals surface area contributed by atoms with E-state index in [-0.39, 0.29) is 21.1 Å². The van der Waals surface area contributed by atoms with Crippen molar-refractivity contribution in [2.75, 3.05) is 0 Å². The van der Waals surface area contributed by atoms with Crippen molar-refractivity contribution >= 4 is 21.1 Å². The van der Waals surface area contributed by atoms with E-state index < -0.39 is 0 Å². The summed E-state index contributed by atoms with van der Waals surface area (Å²) < 4.78 is 1.26. The molecule has 0 aromatic carbocycles. The molecule has 46 valence electrons. The molecule has 0 bridgehead atoms.